The molecule has 0 aromatic heterocycles. The standard InChI is InChI=1S/C17H13F7N2O/c18-15(19,16(20,21)22)17(23,24)26-25-10-13-7-4-8-14(9-13)27-11-12-5-2-1-3-6-12/h1-10,26H,11H2/b25-10-. The summed E-state index contributed by atoms with van der Waals surface area (Å²) in [5.41, 5.74) is 1.58. The molecule has 0 fully saturated rings. The van der Waals surface area contributed by atoms with Gasteiger partial charge in [-0.1, -0.05) is 42.5 Å². The lowest BCUT2D eigenvalue weighted by Gasteiger charge is -2.27. The Morgan fingerprint density at radius 2 is 1.56 bits per heavy atom. The van der Waals surface area contributed by atoms with Crippen molar-refractivity contribution in [3.63, 3.8) is 0 Å². The highest BCUT2D eigenvalue weighted by molar-refractivity contribution is 5.79. The number of nitrogens with zero attached hydrogens (tertiary/aromatic N) is 1. The number of halogens is 7. The van der Waals surface area contributed by atoms with Gasteiger partial charge in [0, 0.05) is 0 Å². The quantitative estimate of drug-likeness (QED) is 0.311. The van der Waals surface area contributed by atoms with Crippen LogP contribution in [0.25, 0.3) is 0 Å². The molecule has 10 heteroatoms. The van der Waals surface area contributed by atoms with E-state index in [2.05, 4.69) is 5.10 Å². The number of alkyl halides is 7. The Morgan fingerprint density at radius 1 is 0.889 bits per heavy atom. The maximum Gasteiger partial charge on any atom is 0.462 e. The van der Waals surface area contributed by atoms with Crippen LogP contribution in [0.1, 0.15) is 11.1 Å². The van der Waals surface area contributed by atoms with Crippen LogP contribution in [0, 0.1) is 0 Å². The lowest BCUT2D eigenvalue weighted by atomic mass is 10.2. The van der Waals surface area contributed by atoms with E-state index < -0.39 is 18.1 Å². The number of rotatable bonds is 7. The van der Waals surface area contributed by atoms with E-state index in [9.17, 15) is 30.7 Å². The van der Waals surface area contributed by atoms with Gasteiger partial charge in [-0.05, 0) is 23.3 Å². The smallest absolute Gasteiger partial charge is 0.462 e. The molecule has 2 rings (SSSR count). The van der Waals surface area contributed by atoms with Crippen LogP contribution in [0.3, 0.4) is 0 Å². The summed E-state index contributed by atoms with van der Waals surface area (Å²) in [5, 5.41) is 2.79. The second-order valence-electron chi connectivity index (χ2n) is 5.36. The third-order valence-corrected chi connectivity index (χ3v) is 3.28. The Morgan fingerprint density at radius 3 is 2.19 bits per heavy atom. The first-order valence-corrected chi connectivity index (χ1v) is 7.42. The van der Waals surface area contributed by atoms with Crippen LogP contribution in [-0.2, 0) is 6.61 Å². The Hall–Kier alpha value is -2.78. The Kier molecular flexibility index (Phi) is 5.97. The first-order valence-electron chi connectivity index (χ1n) is 7.42. The highest BCUT2D eigenvalue weighted by atomic mass is 19.4. The summed E-state index contributed by atoms with van der Waals surface area (Å²) < 4.78 is 93.1. The first kappa shape index (κ1) is 20.5. The molecule has 0 radical (unpaired) electrons. The summed E-state index contributed by atoms with van der Waals surface area (Å²) in [6, 6.07) is 9.23. The second kappa shape index (κ2) is 7.85. The lowest BCUT2D eigenvalue weighted by molar-refractivity contribution is -0.361. The molecule has 0 unspecified atom stereocenters. The topological polar surface area (TPSA) is 33.6 Å². The summed E-state index contributed by atoms with van der Waals surface area (Å²) in [5.74, 6) is -5.95. The number of nitrogens with one attached hydrogen (secondary N) is 1. The van der Waals surface area contributed by atoms with Crippen LogP contribution in [-0.4, -0.2) is 24.4 Å². The zero-order valence-corrected chi connectivity index (χ0v) is 13.5. The number of hydrogen-bond acceptors (Lipinski definition) is 3. The van der Waals surface area contributed by atoms with Gasteiger partial charge in [0.25, 0.3) is 0 Å². The van der Waals surface area contributed by atoms with Gasteiger partial charge in [0.2, 0.25) is 0 Å². The Balaban J connectivity index is 2.01. The molecule has 0 aliphatic rings. The van der Waals surface area contributed by atoms with Gasteiger partial charge >= 0.3 is 18.1 Å². The van der Waals surface area contributed by atoms with Crippen LogP contribution in [0.5, 0.6) is 5.75 Å². The lowest BCUT2D eigenvalue weighted by Crippen LogP contribution is -2.58. The maximum atomic E-state index is 13.1. The monoisotopic (exact) mass is 394 g/mol. The Labute approximate surface area is 149 Å². The van der Waals surface area contributed by atoms with Crippen molar-refractivity contribution in [1.82, 2.24) is 5.43 Å². The highest BCUT2D eigenvalue weighted by Crippen LogP contribution is 2.44. The zero-order valence-electron chi connectivity index (χ0n) is 13.5. The molecular formula is C17H13F7N2O. The molecule has 0 spiro atoms. The largest absolute Gasteiger partial charge is 0.489 e. The van der Waals surface area contributed by atoms with Crippen molar-refractivity contribution < 1.29 is 35.5 Å². The van der Waals surface area contributed by atoms with Gasteiger partial charge in [0.15, 0.2) is 0 Å². The van der Waals surface area contributed by atoms with Crippen LogP contribution >= 0.6 is 0 Å². The SMILES string of the molecule is FC(F)(F)C(F)(F)C(F)(F)N/N=C\c1cccc(OCc2ccccc2)c1. The zero-order chi connectivity index (χ0) is 20.1. The molecule has 0 aliphatic carbocycles. The average molecular weight is 394 g/mol. The molecule has 1 N–H and O–H groups in total. The summed E-state index contributed by atoms with van der Waals surface area (Å²) in [4.78, 5) is 0. The molecule has 146 valence electrons. The van der Waals surface area contributed by atoms with Crippen molar-refractivity contribution in [2.24, 2.45) is 5.10 Å². The predicted octanol–water partition coefficient (Wildman–Crippen LogP) is 4.98. The number of hydrazone groups is 1. The third-order valence-electron chi connectivity index (χ3n) is 3.28. The summed E-state index contributed by atoms with van der Waals surface area (Å²) in [6.07, 6.45) is -5.75. The number of hydrogen-bond donors (Lipinski definition) is 1. The van der Waals surface area contributed by atoms with E-state index in [0.29, 0.717) is 17.4 Å². The van der Waals surface area contributed by atoms with Crippen molar-refractivity contribution in [2.75, 3.05) is 0 Å². The van der Waals surface area contributed by atoms with Gasteiger partial charge < -0.3 is 4.74 Å². The van der Waals surface area contributed by atoms with E-state index in [0.717, 1.165) is 5.56 Å². The molecule has 0 bridgehead atoms. The van der Waals surface area contributed by atoms with Gasteiger partial charge in [-0.2, -0.15) is 35.8 Å². The molecular weight excluding hydrogens is 381 g/mol. The van der Waals surface area contributed by atoms with Gasteiger partial charge in [-0.25, -0.2) is 5.43 Å². The Bertz CT molecular complexity index is 776. The van der Waals surface area contributed by atoms with Crippen molar-refractivity contribution in [3.05, 3.63) is 65.7 Å². The van der Waals surface area contributed by atoms with E-state index in [4.69, 9.17) is 4.74 Å². The fourth-order valence-corrected chi connectivity index (χ4v) is 1.86. The molecule has 27 heavy (non-hydrogen) atoms. The van der Waals surface area contributed by atoms with Crippen LogP contribution in [0.15, 0.2) is 59.7 Å². The number of benzene rings is 2. The van der Waals surface area contributed by atoms with E-state index in [1.165, 1.54) is 18.2 Å². The fourth-order valence-electron chi connectivity index (χ4n) is 1.86. The highest BCUT2D eigenvalue weighted by Gasteiger charge is 2.73. The first-order chi connectivity index (χ1) is 12.5. The molecule has 0 amide bonds. The minimum atomic E-state index is -6.43. The molecule has 3 nitrogen and oxygen atoms in total. The summed E-state index contributed by atoms with van der Waals surface area (Å²) >= 11 is 0. The van der Waals surface area contributed by atoms with Crippen molar-refractivity contribution in [1.29, 1.82) is 0 Å². The molecule has 0 heterocycles. The molecule has 2 aromatic rings. The van der Waals surface area contributed by atoms with Crippen molar-refractivity contribution in [3.8, 4) is 5.75 Å². The van der Waals surface area contributed by atoms with Gasteiger partial charge in [0.1, 0.15) is 12.4 Å². The average Bonchev–Trinajstić information content (AvgIpc) is 2.60. The van der Waals surface area contributed by atoms with E-state index in [1.807, 2.05) is 30.3 Å². The maximum absolute atomic E-state index is 13.1. The van der Waals surface area contributed by atoms with Crippen LogP contribution in [0.2, 0.25) is 0 Å². The second-order valence-corrected chi connectivity index (χ2v) is 5.36. The normalized spacial score (nSPS) is 13.0. The number of ether oxygens (including phenoxy) is 1. The van der Waals surface area contributed by atoms with Crippen molar-refractivity contribution >= 4 is 6.21 Å². The van der Waals surface area contributed by atoms with Crippen LogP contribution < -0.4 is 10.2 Å². The van der Waals surface area contributed by atoms with Crippen LogP contribution in [0.4, 0.5) is 30.7 Å². The molecule has 2 aromatic carbocycles. The third kappa shape index (κ3) is 5.11. The fraction of sp³-hybridized carbons (Fsp3) is 0.235. The molecule has 0 atom stereocenters. The van der Waals surface area contributed by atoms with E-state index in [1.54, 1.807) is 6.07 Å². The summed E-state index contributed by atoms with van der Waals surface area (Å²) in [7, 11) is 0. The summed E-state index contributed by atoms with van der Waals surface area (Å²) in [6.45, 7) is 0.218. The van der Waals surface area contributed by atoms with Crippen molar-refractivity contribution in [2.45, 2.75) is 24.8 Å². The minimum Gasteiger partial charge on any atom is -0.489 e. The minimum absolute atomic E-state index is 0.152. The van der Waals surface area contributed by atoms with Gasteiger partial charge in [0.05, 0.1) is 6.21 Å². The molecule has 0 saturated heterocycles. The van der Waals surface area contributed by atoms with Gasteiger partial charge in [-0.3, -0.25) is 0 Å². The van der Waals surface area contributed by atoms with E-state index in [-0.39, 0.29) is 12.2 Å². The van der Waals surface area contributed by atoms with E-state index >= 15 is 0 Å². The molecule has 0 saturated carbocycles. The molecule has 0 aliphatic heterocycles. The van der Waals surface area contributed by atoms with Gasteiger partial charge in [-0.15, -0.1) is 0 Å². The predicted molar refractivity (Wildman–Crippen MR) is 83.9 cm³/mol.